The Balaban J connectivity index is -0.0000000719. The van der Waals surface area contributed by atoms with Gasteiger partial charge in [0.25, 0.3) is 0 Å². The fourth-order valence-corrected chi connectivity index (χ4v) is 0. The van der Waals surface area contributed by atoms with Crippen LogP contribution in [0, 0.1) is 0 Å². The zero-order valence-electron chi connectivity index (χ0n) is 16.0. The van der Waals surface area contributed by atoms with E-state index in [1.807, 2.05) is 0 Å². The third-order valence-corrected chi connectivity index (χ3v) is 1.27. The summed E-state index contributed by atoms with van der Waals surface area (Å²) < 4.78 is 0. The number of rotatable bonds is 4. The summed E-state index contributed by atoms with van der Waals surface area (Å²) in [6.45, 7) is 21.0. The highest BCUT2D eigenvalue weighted by atomic mass is 16.4. The zero-order chi connectivity index (χ0) is 22.5. The first-order valence-electron chi connectivity index (χ1n) is 7.13. The Hall–Kier alpha value is -3.16. The maximum Gasteiger partial charge on any atom is 0.330 e. The molecule has 0 rings (SSSR count). The highest BCUT2D eigenvalue weighted by molar-refractivity contribution is 5.85. The number of hydrogen-bond acceptors (Lipinski definition) is 4. The molecule has 0 unspecified atom stereocenters. The van der Waals surface area contributed by atoms with Crippen LogP contribution >= 0.6 is 0 Å². The minimum atomic E-state index is -0.981. The molecule has 0 heterocycles. The quantitative estimate of drug-likeness (QED) is 0.545. The molecule has 0 aromatic rings. The molecular weight excluding hydrogens is 344 g/mol. The SMILES string of the molecule is C=C(C)C(=O)O.C=C(C)C(=O)O.C=C(C)C(=O)O.C=CC(=O)O.CCC. The van der Waals surface area contributed by atoms with Crippen molar-refractivity contribution in [3.63, 3.8) is 0 Å². The Kier molecular flexibility index (Phi) is 31.7. The van der Waals surface area contributed by atoms with Crippen molar-refractivity contribution in [2.75, 3.05) is 0 Å². The van der Waals surface area contributed by atoms with E-state index in [4.69, 9.17) is 20.4 Å². The summed E-state index contributed by atoms with van der Waals surface area (Å²) in [6.07, 6.45) is 2.08. The average Bonchev–Trinajstić information content (AvgIpc) is 2.49. The molecule has 0 aromatic carbocycles. The average molecular weight is 374 g/mol. The largest absolute Gasteiger partial charge is 0.478 e. The maximum absolute atomic E-state index is 9.60. The molecule has 0 aromatic heterocycles. The van der Waals surface area contributed by atoms with Crippen molar-refractivity contribution in [3.8, 4) is 0 Å². The third kappa shape index (κ3) is 69.8. The van der Waals surface area contributed by atoms with Crippen LogP contribution in [-0.4, -0.2) is 44.3 Å². The summed E-state index contributed by atoms with van der Waals surface area (Å²) >= 11 is 0. The number of aliphatic carboxylic acids is 4. The summed E-state index contributed by atoms with van der Waals surface area (Å²) in [6, 6.07) is 0. The minimum absolute atomic E-state index is 0.176. The van der Waals surface area contributed by atoms with E-state index < -0.39 is 23.9 Å². The van der Waals surface area contributed by atoms with E-state index in [1.165, 1.54) is 27.2 Å². The Labute approximate surface area is 154 Å². The van der Waals surface area contributed by atoms with Crippen LogP contribution in [0.25, 0.3) is 0 Å². The molecule has 0 fully saturated rings. The minimum Gasteiger partial charge on any atom is -0.478 e. The van der Waals surface area contributed by atoms with Crippen molar-refractivity contribution < 1.29 is 39.6 Å². The van der Waals surface area contributed by atoms with Crippen LogP contribution in [0.4, 0.5) is 0 Å². The number of carboxylic acid groups (broad SMARTS) is 4. The van der Waals surface area contributed by atoms with Crippen molar-refractivity contribution in [2.24, 2.45) is 0 Å². The van der Waals surface area contributed by atoms with Crippen LogP contribution in [0.15, 0.2) is 49.1 Å². The number of carboxylic acids is 4. The van der Waals surface area contributed by atoms with Gasteiger partial charge in [0.15, 0.2) is 0 Å². The summed E-state index contributed by atoms with van der Waals surface area (Å²) in [7, 11) is 0. The summed E-state index contributed by atoms with van der Waals surface area (Å²) in [5.41, 5.74) is 0.528. The molecule has 0 aliphatic rings. The summed E-state index contributed by atoms with van der Waals surface area (Å²) in [5.74, 6) is -3.79. The topological polar surface area (TPSA) is 149 Å². The van der Waals surface area contributed by atoms with E-state index in [1.54, 1.807) is 0 Å². The van der Waals surface area contributed by atoms with E-state index in [0.29, 0.717) is 0 Å². The molecule has 8 nitrogen and oxygen atoms in total. The highest BCUT2D eigenvalue weighted by Gasteiger charge is 1.91. The molecule has 0 saturated heterocycles. The van der Waals surface area contributed by atoms with Crippen LogP contribution in [0.2, 0.25) is 0 Å². The molecule has 0 bridgehead atoms. The normalized spacial score (nSPS) is 7.12. The molecule has 26 heavy (non-hydrogen) atoms. The van der Waals surface area contributed by atoms with Crippen LogP contribution in [-0.2, 0) is 19.2 Å². The van der Waals surface area contributed by atoms with Gasteiger partial charge in [-0.15, -0.1) is 0 Å². The molecule has 0 amide bonds. The molecule has 0 saturated carbocycles. The fraction of sp³-hybridized carbons (Fsp3) is 0.333. The monoisotopic (exact) mass is 374 g/mol. The number of carbonyl (C=O) groups is 4. The second-order valence-electron chi connectivity index (χ2n) is 4.51. The Morgan fingerprint density at radius 1 is 0.692 bits per heavy atom. The zero-order valence-corrected chi connectivity index (χ0v) is 16.0. The van der Waals surface area contributed by atoms with Crippen LogP contribution in [0.3, 0.4) is 0 Å². The first-order valence-corrected chi connectivity index (χ1v) is 7.13. The lowest BCUT2D eigenvalue weighted by atomic mass is 10.4. The van der Waals surface area contributed by atoms with Gasteiger partial charge in [-0.3, -0.25) is 0 Å². The number of hydrogen-bond donors (Lipinski definition) is 4. The van der Waals surface area contributed by atoms with Gasteiger partial charge in [-0.05, 0) is 20.8 Å². The van der Waals surface area contributed by atoms with E-state index in [9.17, 15) is 19.2 Å². The molecule has 0 aliphatic heterocycles. The van der Waals surface area contributed by atoms with Gasteiger partial charge in [0.05, 0.1) is 0 Å². The predicted octanol–water partition coefficient (Wildman–Crippen LogP) is 3.61. The van der Waals surface area contributed by atoms with Crippen molar-refractivity contribution >= 4 is 23.9 Å². The lowest BCUT2D eigenvalue weighted by Crippen LogP contribution is -1.92. The Bertz CT molecular complexity index is 408. The summed E-state index contributed by atoms with van der Waals surface area (Å²) in [5, 5.41) is 31.3. The van der Waals surface area contributed by atoms with E-state index in [0.717, 1.165) is 6.08 Å². The van der Waals surface area contributed by atoms with Crippen LogP contribution in [0.1, 0.15) is 41.0 Å². The Morgan fingerprint density at radius 2 is 0.769 bits per heavy atom. The molecular formula is C18H30O8. The van der Waals surface area contributed by atoms with E-state index in [2.05, 4.69) is 40.2 Å². The maximum atomic E-state index is 9.60. The van der Waals surface area contributed by atoms with Crippen molar-refractivity contribution in [1.29, 1.82) is 0 Å². The van der Waals surface area contributed by atoms with E-state index >= 15 is 0 Å². The first-order chi connectivity index (χ1) is 11.6. The first kappa shape index (κ1) is 34.2. The molecule has 4 N–H and O–H groups in total. The fourth-order valence-electron chi connectivity index (χ4n) is 0. The Morgan fingerprint density at radius 3 is 0.769 bits per heavy atom. The van der Waals surface area contributed by atoms with Gasteiger partial charge in [0.1, 0.15) is 0 Å². The molecule has 8 heteroatoms. The lowest BCUT2D eigenvalue weighted by molar-refractivity contribution is -0.133. The second kappa shape index (κ2) is 24.1. The smallest absolute Gasteiger partial charge is 0.330 e. The molecule has 150 valence electrons. The van der Waals surface area contributed by atoms with Crippen molar-refractivity contribution in [1.82, 2.24) is 0 Å². The standard InChI is InChI=1S/3C4H6O2.C3H4O2.C3H8/c3*1-3(2)4(5)6;1-2-3(4)5;1-3-2/h3*1H2,2H3,(H,5,6);2H,1H2,(H,4,5);3H2,1-2H3. The summed E-state index contributed by atoms with van der Waals surface area (Å²) in [4.78, 5) is 38.0. The molecule has 0 atom stereocenters. The van der Waals surface area contributed by atoms with Gasteiger partial charge in [-0.1, -0.05) is 46.6 Å². The molecule has 0 aliphatic carbocycles. The van der Waals surface area contributed by atoms with Crippen molar-refractivity contribution in [2.45, 2.75) is 41.0 Å². The van der Waals surface area contributed by atoms with Gasteiger partial charge in [0, 0.05) is 22.8 Å². The van der Waals surface area contributed by atoms with Gasteiger partial charge >= 0.3 is 23.9 Å². The highest BCUT2D eigenvalue weighted by Crippen LogP contribution is 1.82. The predicted molar refractivity (Wildman–Crippen MR) is 101 cm³/mol. The van der Waals surface area contributed by atoms with Gasteiger partial charge < -0.3 is 20.4 Å². The second-order valence-corrected chi connectivity index (χ2v) is 4.51. The molecule has 0 spiro atoms. The van der Waals surface area contributed by atoms with Crippen LogP contribution in [0.5, 0.6) is 0 Å². The lowest BCUT2D eigenvalue weighted by Gasteiger charge is -1.79. The third-order valence-electron chi connectivity index (χ3n) is 1.27. The van der Waals surface area contributed by atoms with Gasteiger partial charge in [0.2, 0.25) is 0 Å². The van der Waals surface area contributed by atoms with Gasteiger partial charge in [-0.25, -0.2) is 19.2 Å². The van der Waals surface area contributed by atoms with Gasteiger partial charge in [-0.2, -0.15) is 0 Å². The molecule has 0 radical (unpaired) electrons. The van der Waals surface area contributed by atoms with Crippen LogP contribution < -0.4 is 0 Å². The van der Waals surface area contributed by atoms with Crippen molar-refractivity contribution in [3.05, 3.63) is 49.1 Å². The van der Waals surface area contributed by atoms with E-state index in [-0.39, 0.29) is 16.7 Å².